The van der Waals surface area contributed by atoms with Crippen molar-refractivity contribution in [3.8, 4) is 44.5 Å². The molecule has 1 aliphatic rings. The first-order chi connectivity index (χ1) is 27.7. The highest BCUT2D eigenvalue weighted by molar-refractivity contribution is 6.23. The van der Waals surface area contributed by atoms with Crippen molar-refractivity contribution in [3.63, 3.8) is 0 Å². The fourth-order valence-electron chi connectivity index (χ4n) is 10.1. The van der Waals surface area contributed by atoms with Gasteiger partial charge >= 0.3 is 0 Å². The lowest BCUT2D eigenvalue weighted by Gasteiger charge is -2.18. The third kappa shape index (κ3) is 4.19. The molecule has 0 atom stereocenters. The average Bonchev–Trinajstić information content (AvgIpc) is 3.27. The fourth-order valence-corrected chi connectivity index (χ4v) is 10.1. The lowest BCUT2D eigenvalue weighted by Crippen LogP contribution is -1.91. The van der Waals surface area contributed by atoms with Gasteiger partial charge in [-0.2, -0.15) is 0 Å². The summed E-state index contributed by atoms with van der Waals surface area (Å²) in [6.45, 7) is 0. The van der Waals surface area contributed by atoms with Gasteiger partial charge in [-0.1, -0.05) is 146 Å². The van der Waals surface area contributed by atoms with E-state index in [1.165, 1.54) is 131 Å². The molecule has 0 aliphatic heterocycles. The summed E-state index contributed by atoms with van der Waals surface area (Å²) in [5.41, 5.74) is 9.96. The summed E-state index contributed by atoms with van der Waals surface area (Å²) < 4.78 is 0. The highest BCUT2D eigenvalue weighted by atomic mass is 14.2. The summed E-state index contributed by atoms with van der Waals surface area (Å²) in [5.74, 6) is 0. The van der Waals surface area contributed by atoms with Crippen LogP contribution in [0.5, 0.6) is 0 Å². The molecule has 256 valence electrons. The largest absolute Gasteiger partial charge is 0.0616 e. The summed E-state index contributed by atoms with van der Waals surface area (Å²) in [5, 5.41) is 20.3. The predicted octanol–water partition coefficient (Wildman–Crippen LogP) is 15.9. The van der Waals surface area contributed by atoms with Gasteiger partial charge in [-0.3, -0.25) is 0 Å². The summed E-state index contributed by atoms with van der Waals surface area (Å²) in [7, 11) is 0. The molecule has 0 nitrogen and oxygen atoms in total. The molecule has 12 aromatic rings. The van der Waals surface area contributed by atoms with Crippen molar-refractivity contribution in [2.45, 2.75) is 0 Å². The SMILES string of the molecule is c1ccc2c(c1)c1cc3cc(ccc32)-c2ccc3c(c2)cc(c2ccccc23)-c2cc3cc(ccc3c3ccccc23)-c2ccc3c(c2)cc-1c1ccccc13. The van der Waals surface area contributed by atoms with Gasteiger partial charge in [0.15, 0.2) is 0 Å². The van der Waals surface area contributed by atoms with Crippen molar-refractivity contribution in [2.75, 3.05) is 0 Å². The Balaban J connectivity index is 1.22. The molecule has 12 aromatic carbocycles. The molecule has 13 rings (SSSR count). The third-order valence-corrected chi connectivity index (χ3v) is 12.7. The van der Waals surface area contributed by atoms with Gasteiger partial charge in [0.25, 0.3) is 0 Å². The van der Waals surface area contributed by atoms with E-state index in [1.807, 2.05) is 0 Å². The molecule has 0 heterocycles. The van der Waals surface area contributed by atoms with E-state index in [1.54, 1.807) is 0 Å². The van der Waals surface area contributed by atoms with Gasteiger partial charge in [-0.05, 0) is 179 Å². The predicted molar refractivity (Wildman–Crippen MR) is 242 cm³/mol. The van der Waals surface area contributed by atoms with Crippen LogP contribution in [0.1, 0.15) is 0 Å². The van der Waals surface area contributed by atoms with Gasteiger partial charge in [0.1, 0.15) is 0 Å². The molecule has 0 unspecified atom stereocenters. The van der Waals surface area contributed by atoms with Gasteiger partial charge in [-0.25, -0.2) is 0 Å². The Morgan fingerprint density at radius 2 is 0.375 bits per heavy atom. The summed E-state index contributed by atoms with van der Waals surface area (Å²) in [6.07, 6.45) is 0. The Hall–Kier alpha value is -7.28. The molecule has 1 aliphatic carbocycles. The van der Waals surface area contributed by atoms with Crippen LogP contribution in [0, 0.1) is 0 Å². The second kappa shape index (κ2) is 11.1. The minimum Gasteiger partial charge on any atom is -0.0616 e. The van der Waals surface area contributed by atoms with Crippen LogP contribution in [0.3, 0.4) is 0 Å². The van der Waals surface area contributed by atoms with Gasteiger partial charge in [-0.15, -0.1) is 0 Å². The van der Waals surface area contributed by atoms with Crippen LogP contribution in [0.25, 0.3) is 131 Å². The topological polar surface area (TPSA) is 0 Å². The number of benzene rings is 12. The first-order valence-electron chi connectivity index (χ1n) is 19.6. The van der Waals surface area contributed by atoms with Crippen LogP contribution in [-0.4, -0.2) is 0 Å². The molecule has 0 fully saturated rings. The van der Waals surface area contributed by atoms with Gasteiger partial charge in [0.05, 0.1) is 0 Å². The molecule has 0 saturated heterocycles. The van der Waals surface area contributed by atoms with E-state index in [2.05, 4.69) is 194 Å². The van der Waals surface area contributed by atoms with Gasteiger partial charge in [0, 0.05) is 0 Å². The molecule has 0 spiro atoms. The fraction of sp³-hybridized carbons (Fsp3) is 0. The summed E-state index contributed by atoms with van der Waals surface area (Å²) in [4.78, 5) is 0. The number of hydrogen-bond donors (Lipinski definition) is 0. The quantitative estimate of drug-likeness (QED) is 0.138. The second-order valence-electron chi connectivity index (χ2n) is 15.6. The number of rotatable bonds is 0. The molecule has 0 N–H and O–H groups in total. The lowest BCUT2D eigenvalue weighted by molar-refractivity contribution is 1.66. The Labute approximate surface area is 323 Å². The van der Waals surface area contributed by atoms with E-state index in [0.29, 0.717) is 0 Å². The monoisotopic (exact) mass is 704 g/mol. The zero-order valence-electron chi connectivity index (χ0n) is 30.5. The normalized spacial score (nSPS) is 12.3. The van der Waals surface area contributed by atoms with Crippen molar-refractivity contribution in [2.24, 2.45) is 0 Å². The molecule has 0 heteroatoms. The van der Waals surface area contributed by atoms with Crippen molar-refractivity contribution in [1.29, 1.82) is 0 Å². The van der Waals surface area contributed by atoms with E-state index in [4.69, 9.17) is 0 Å². The molecule has 0 amide bonds. The van der Waals surface area contributed by atoms with E-state index < -0.39 is 0 Å². The van der Waals surface area contributed by atoms with E-state index in [-0.39, 0.29) is 0 Å². The Morgan fingerprint density at radius 3 is 0.607 bits per heavy atom. The van der Waals surface area contributed by atoms with Crippen molar-refractivity contribution in [3.05, 3.63) is 194 Å². The second-order valence-corrected chi connectivity index (χ2v) is 15.6. The van der Waals surface area contributed by atoms with E-state index in [9.17, 15) is 0 Å². The molecular weight excluding hydrogens is 673 g/mol. The Kier molecular flexibility index (Phi) is 5.98. The third-order valence-electron chi connectivity index (χ3n) is 12.7. The van der Waals surface area contributed by atoms with Crippen molar-refractivity contribution in [1.82, 2.24) is 0 Å². The molecular formula is C56H32. The van der Waals surface area contributed by atoms with Crippen molar-refractivity contribution >= 4 is 86.2 Å². The molecule has 56 heavy (non-hydrogen) atoms. The first-order valence-corrected chi connectivity index (χ1v) is 19.6. The Bertz CT molecular complexity index is 3200. The average molecular weight is 705 g/mol. The molecule has 0 saturated carbocycles. The van der Waals surface area contributed by atoms with Crippen LogP contribution in [0.4, 0.5) is 0 Å². The minimum atomic E-state index is 1.22. The van der Waals surface area contributed by atoms with Crippen LogP contribution >= 0.6 is 0 Å². The van der Waals surface area contributed by atoms with Crippen LogP contribution in [-0.2, 0) is 0 Å². The maximum Gasteiger partial charge on any atom is -0.00926 e. The maximum absolute atomic E-state index is 2.44. The number of fused-ring (bicyclic) bond motifs is 24. The van der Waals surface area contributed by atoms with Gasteiger partial charge < -0.3 is 0 Å². The zero-order chi connectivity index (χ0) is 36.5. The number of hydrogen-bond acceptors (Lipinski definition) is 0. The standard InChI is InChI=1S/C56H32/c1-5-13-49-45(9-1)41-21-17-33-25-37(41)29-53(49)54-30-38-27-35(19-23-42(38)46-10-2-6-14-50(46)54)36-20-24-44-40(28-36)32-56(52-16-8-4-12-48(44)52)55-31-39-26-34(33)18-22-43(39)47-11-3-7-15-51(47)55/h1-32H. The van der Waals surface area contributed by atoms with Crippen LogP contribution in [0.2, 0.25) is 0 Å². The summed E-state index contributed by atoms with van der Waals surface area (Å²) in [6, 6.07) is 73.7. The summed E-state index contributed by atoms with van der Waals surface area (Å²) >= 11 is 0. The lowest BCUT2D eigenvalue weighted by atomic mass is 9.86. The van der Waals surface area contributed by atoms with E-state index in [0.717, 1.165) is 0 Å². The Morgan fingerprint density at radius 1 is 0.161 bits per heavy atom. The van der Waals surface area contributed by atoms with Crippen LogP contribution in [0.15, 0.2) is 194 Å². The van der Waals surface area contributed by atoms with Crippen LogP contribution < -0.4 is 0 Å². The smallest absolute Gasteiger partial charge is 0.00926 e. The highest BCUT2D eigenvalue weighted by Crippen LogP contribution is 2.45. The van der Waals surface area contributed by atoms with Gasteiger partial charge in [0.2, 0.25) is 0 Å². The maximum atomic E-state index is 2.44. The highest BCUT2D eigenvalue weighted by Gasteiger charge is 2.18. The van der Waals surface area contributed by atoms with E-state index >= 15 is 0 Å². The molecule has 0 radical (unpaired) electrons. The molecule has 12 bridgehead atoms. The zero-order valence-corrected chi connectivity index (χ0v) is 30.5. The molecule has 0 aromatic heterocycles. The minimum absolute atomic E-state index is 1.22. The first kappa shape index (κ1) is 30.1. The van der Waals surface area contributed by atoms with Crippen molar-refractivity contribution < 1.29 is 0 Å².